The van der Waals surface area contributed by atoms with E-state index in [0.29, 0.717) is 24.4 Å². The first kappa shape index (κ1) is 15.4. The van der Waals surface area contributed by atoms with Gasteiger partial charge < -0.3 is 25.4 Å². The molecule has 4 N–H and O–H groups in total. The summed E-state index contributed by atoms with van der Waals surface area (Å²) in [7, 11) is 0. The maximum atomic E-state index is 10.5. The molecule has 8 heteroatoms. The fourth-order valence-corrected chi connectivity index (χ4v) is 2.37. The number of morpholine rings is 1. The predicted molar refractivity (Wildman–Crippen MR) is 61.8 cm³/mol. The topological polar surface area (TPSA) is 133 Å². The smallest absolute Gasteiger partial charge is 0.414 e. The Labute approximate surface area is 109 Å². The van der Waals surface area contributed by atoms with Crippen molar-refractivity contribution in [2.24, 2.45) is 5.92 Å². The van der Waals surface area contributed by atoms with E-state index >= 15 is 0 Å². The van der Waals surface area contributed by atoms with Gasteiger partial charge in [0.2, 0.25) is 0 Å². The quantitative estimate of drug-likeness (QED) is 0.490. The van der Waals surface area contributed by atoms with Crippen LogP contribution in [0.3, 0.4) is 0 Å². The highest BCUT2D eigenvalue weighted by atomic mass is 16.5. The Morgan fingerprint density at radius 1 is 1.00 bits per heavy atom. The van der Waals surface area contributed by atoms with Crippen LogP contribution in [0.4, 0.5) is 0 Å². The number of rotatable bonds is 2. The highest BCUT2D eigenvalue weighted by Crippen LogP contribution is 2.26. The van der Waals surface area contributed by atoms with Gasteiger partial charge in [0, 0.05) is 18.5 Å². The van der Waals surface area contributed by atoms with Crippen LogP contribution in [0, 0.1) is 5.92 Å². The molecule has 0 aromatic heterocycles. The molecule has 2 fully saturated rings. The third-order valence-electron chi connectivity index (χ3n) is 2.99. The fourth-order valence-electron chi connectivity index (χ4n) is 2.37. The van der Waals surface area contributed by atoms with Gasteiger partial charge >= 0.3 is 17.9 Å². The van der Waals surface area contributed by atoms with E-state index in [9.17, 15) is 4.79 Å². The third kappa shape index (κ3) is 5.66. The summed E-state index contributed by atoms with van der Waals surface area (Å²) in [5.74, 6) is -3.98. The Morgan fingerprint density at radius 2 is 1.47 bits per heavy atom. The minimum atomic E-state index is -1.82. The fraction of sp³-hybridized carbons (Fsp3) is 0.727. The molecule has 108 valence electrons. The van der Waals surface area contributed by atoms with Crippen molar-refractivity contribution in [1.29, 1.82) is 0 Å². The first-order chi connectivity index (χ1) is 8.88. The Morgan fingerprint density at radius 3 is 1.84 bits per heavy atom. The minimum Gasteiger partial charge on any atom is -0.481 e. The van der Waals surface area contributed by atoms with E-state index in [1.165, 1.54) is 0 Å². The van der Waals surface area contributed by atoms with Gasteiger partial charge in [0.15, 0.2) is 0 Å². The lowest BCUT2D eigenvalue weighted by Crippen LogP contribution is -2.54. The second-order valence-corrected chi connectivity index (χ2v) is 4.64. The molecule has 0 amide bonds. The van der Waals surface area contributed by atoms with E-state index in [1.807, 2.05) is 0 Å². The second kappa shape index (κ2) is 7.05. The van der Waals surface area contributed by atoms with Gasteiger partial charge in [-0.1, -0.05) is 0 Å². The Kier molecular flexibility index (Phi) is 5.71. The summed E-state index contributed by atoms with van der Waals surface area (Å²) >= 11 is 0. The number of carboxylic acids is 3. The lowest BCUT2D eigenvalue weighted by atomic mass is 9.85. The number of hydrogen-bond acceptors (Lipinski definition) is 5. The van der Waals surface area contributed by atoms with Crippen molar-refractivity contribution >= 4 is 17.9 Å². The minimum absolute atomic E-state index is 0.314. The zero-order valence-electron chi connectivity index (χ0n) is 10.2. The molecule has 2 heterocycles. The molecule has 8 nitrogen and oxygen atoms in total. The molecule has 0 aliphatic carbocycles. The monoisotopic (exact) mass is 275 g/mol. The number of aliphatic carboxylic acids is 3. The highest BCUT2D eigenvalue weighted by molar-refractivity contribution is 6.27. The van der Waals surface area contributed by atoms with Gasteiger partial charge in [-0.05, 0) is 18.8 Å². The summed E-state index contributed by atoms with van der Waals surface area (Å²) in [5.41, 5.74) is 0. The van der Waals surface area contributed by atoms with E-state index in [2.05, 4.69) is 5.32 Å². The maximum absolute atomic E-state index is 10.5. The molecule has 2 saturated heterocycles. The molecule has 0 spiro atoms. The number of carboxylic acid groups (broad SMARTS) is 3. The third-order valence-corrected chi connectivity index (χ3v) is 2.99. The normalized spacial score (nSPS) is 28.7. The van der Waals surface area contributed by atoms with Crippen molar-refractivity contribution in [3.8, 4) is 0 Å². The number of piperidine rings is 1. The molecule has 2 aliphatic rings. The van der Waals surface area contributed by atoms with E-state index in [-0.39, 0.29) is 0 Å². The van der Waals surface area contributed by atoms with Gasteiger partial charge in [0.1, 0.15) is 0 Å². The molecule has 2 bridgehead atoms. The SMILES string of the molecule is O=C(O)C(=O)O.O=C(O)CC1C[C@H]2COC[C@@H](C1)N2. The van der Waals surface area contributed by atoms with Gasteiger partial charge in [-0.25, -0.2) is 9.59 Å². The number of fused-ring (bicyclic) bond motifs is 2. The van der Waals surface area contributed by atoms with Crippen LogP contribution >= 0.6 is 0 Å². The molecule has 3 atom stereocenters. The van der Waals surface area contributed by atoms with Crippen LogP contribution in [0.25, 0.3) is 0 Å². The molecular formula is C11H17NO7. The average Bonchev–Trinajstić information content (AvgIpc) is 2.28. The van der Waals surface area contributed by atoms with Crippen molar-refractivity contribution in [1.82, 2.24) is 5.32 Å². The zero-order valence-corrected chi connectivity index (χ0v) is 10.2. The van der Waals surface area contributed by atoms with Crippen LogP contribution in [0.1, 0.15) is 19.3 Å². The van der Waals surface area contributed by atoms with Crippen molar-refractivity contribution in [2.45, 2.75) is 31.3 Å². The van der Waals surface area contributed by atoms with Crippen LogP contribution in [-0.4, -0.2) is 58.5 Å². The molecule has 2 aliphatic heterocycles. The molecular weight excluding hydrogens is 258 g/mol. The summed E-state index contributed by atoms with van der Waals surface area (Å²) in [5, 5.41) is 26.9. The van der Waals surface area contributed by atoms with Crippen molar-refractivity contribution in [2.75, 3.05) is 13.2 Å². The molecule has 0 aromatic rings. The molecule has 2 rings (SSSR count). The van der Waals surface area contributed by atoms with Crippen molar-refractivity contribution in [3.63, 3.8) is 0 Å². The Hall–Kier alpha value is -1.67. The highest BCUT2D eigenvalue weighted by Gasteiger charge is 2.32. The van der Waals surface area contributed by atoms with Crippen LogP contribution < -0.4 is 5.32 Å². The van der Waals surface area contributed by atoms with E-state index in [4.69, 9.17) is 29.6 Å². The van der Waals surface area contributed by atoms with E-state index in [0.717, 1.165) is 26.1 Å². The summed E-state index contributed by atoms with van der Waals surface area (Å²) < 4.78 is 5.38. The van der Waals surface area contributed by atoms with Gasteiger partial charge in [-0.3, -0.25) is 4.79 Å². The summed E-state index contributed by atoms with van der Waals surface area (Å²) in [6.45, 7) is 1.49. The van der Waals surface area contributed by atoms with Crippen LogP contribution in [0.5, 0.6) is 0 Å². The summed E-state index contributed by atoms with van der Waals surface area (Å²) in [6.07, 6.45) is 2.21. The average molecular weight is 275 g/mol. The maximum Gasteiger partial charge on any atom is 0.414 e. The number of nitrogens with one attached hydrogen (secondary N) is 1. The predicted octanol–water partition coefficient (Wildman–Crippen LogP) is -0.616. The first-order valence-corrected chi connectivity index (χ1v) is 5.90. The zero-order chi connectivity index (χ0) is 14.4. The molecule has 0 aromatic carbocycles. The number of ether oxygens (including phenoxy) is 1. The molecule has 0 radical (unpaired) electrons. The lowest BCUT2D eigenvalue weighted by Gasteiger charge is -2.39. The second-order valence-electron chi connectivity index (χ2n) is 4.64. The van der Waals surface area contributed by atoms with Crippen molar-refractivity contribution in [3.05, 3.63) is 0 Å². The van der Waals surface area contributed by atoms with Crippen LogP contribution in [0.15, 0.2) is 0 Å². The number of carbonyl (C=O) groups is 3. The van der Waals surface area contributed by atoms with Gasteiger partial charge in [-0.15, -0.1) is 0 Å². The van der Waals surface area contributed by atoms with E-state index in [1.54, 1.807) is 0 Å². The summed E-state index contributed by atoms with van der Waals surface area (Å²) in [6, 6.07) is 0.772. The largest absolute Gasteiger partial charge is 0.481 e. The molecule has 0 saturated carbocycles. The van der Waals surface area contributed by atoms with Gasteiger partial charge in [0.05, 0.1) is 13.2 Å². The lowest BCUT2D eigenvalue weighted by molar-refractivity contribution is -0.159. The first-order valence-electron chi connectivity index (χ1n) is 5.90. The molecule has 19 heavy (non-hydrogen) atoms. The summed E-state index contributed by atoms with van der Waals surface area (Å²) in [4.78, 5) is 28.7. The Bertz CT molecular complexity index is 333. The van der Waals surface area contributed by atoms with Crippen LogP contribution in [-0.2, 0) is 19.1 Å². The Balaban J connectivity index is 0.000000258. The van der Waals surface area contributed by atoms with Crippen molar-refractivity contribution < 1.29 is 34.4 Å². The number of hydrogen-bond donors (Lipinski definition) is 4. The standard InChI is InChI=1S/C9H15NO3.C2H2O4/c11-9(12)3-6-1-7-4-13-5-8(2-6)10-7;3-1(4)2(5)6/h6-8,10H,1-5H2,(H,11,12);(H,3,4)(H,5,6)/t6?,7-,8+;. The van der Waals surface area contributed by atoms with Crippen LogP contribution in [0.2, 0.25) is 0 Å². The van der Waals surface area contributed by atoms with Gasteiger partial charge in [0.25, 0.3) is 0 Å². The van der Waals surface area contributed by atoms with E-state index < -0.39 is 17.9 Å². The van der Waals surface area contributed by atoms with Gasteiger partial charge in [-0.2, -0.15) is 0 Å². The molecule has 1 unspecified atom stereocenters.